The molecule has 1 aliphatic heterocycles. The lowest BCUT2D eigenvalue weighted by Crippen LogP contribution is -2.65. The van der Waals surface area contributed by atoms with Gasteiger partial charge in [0, 0.05) is 18.2 Å². The molecule has 5 rings (SSSR count). The number of rotatable bonds is 3. The lowest BCUT2D eigenvalue weighted by molar-refractivity contribution is -0.144. The van der Waals surface area contributed by atoms with Crippen LogP contribution in [0.1, 0.15) is 35.1 Å². The van der Waals surface area contributed by atoms with E-state index in [1.165, 1.54) is 7.05 Å². The second kappa shape index (κ2) is 8.43. The molecule has 168 valence electrons. The molecule has 2 aliphatic rings. The minimum absolute atomic E-state index is 0.150. The van der Waals surface area contributed by atoms with Crippen LogP contribution in [0.3, 0.4) is 0 Å². The monoisotopic (exact) mass is 445 g/mol. The van der Waals surface area contributed by atoms with E-state index < -0.39 is 18.1 Å². The Bertz CT molecular complexity index is 1170. The Kier molecular flexibility index (Phi) is 5.44. The third kappa shape index (κ3) is 3.80. The summed E-state index contributed by atoms with van der Waals surface area (Å²) >= 11 is 0. The third-order valence-electron chi connectivity index (χ3n) is 6.42. The summed E-state index contributed by atoms with van der Waals surface area (Å²) in [5.41, 5.74) is 3.28. The largest absolute Gasteiger partial charge is 0.459 e. The number of amidine groups is 1. The highest BCUT2D eigenvalue weighted by atomic mass is 19.3. The van der Waals surface area contributed by atoms with E-state index in [1.807, 2.05) is 72.8 Å². The number of aliphatic imine (C=N–C) groups is 2. The van der Waals surface area contributed by atoms with Gasteiger partial charge in [-0.25, -0.2) is 9.98 Å². The average Bonchev–Trinajstić information content (AvgIpc) is 2.85. The van der Waals surface area contributed by atoms with Crippen molar-refractivity contribution in [3.05, 3.63) is 101 Å². The van der Waals surface area contributed by atoms with Crippen molar-refractivity contribution in [1.29, 1.82) is 0 Å². The van der Waals surface area contributed by atoms with E-state index >= 15 is 8.78 Å². The average molecular weight is 446 g/mol. The number of hydrogen-bond acceptors (Lipinski definition) is 3. The summed E-state index contributed by atoms with van der Waals surface area (Å²) in [5, 5.41) is 2.94. The summed E-state index contributed by atoms with van der Waals surface area (Å²) < 4.78 is 35.9. The van der Waals surface area contributed by atoms with Crippen molar-refractivity contribution in [2.45, 2.75) is 30.7 Å². The molecule has 1 fully saturated rings. The molecule has 1 saturated heterocycles. The molecule has 33 heavy (non-hydrogen) atoms. The first-order valence-electron chi connectivity index (χ1n) is 11.1. The van der Waals surface area contributed by atoms with E-state index in [0.717, 1.165) is 28.8 Å². The highest BCUT2D eigenvalue weighted by Gasteiger charge is 2.60. The topological polar surface area (TPSA) is 46.0 Å². The van der Waals surface area contributed by atoms with Crippen molar-refractivity contribution in [2.75, 3.05) is 13.7 Å². The van der Waals surface area contributed by atoms with Gasteiger partial charge in [-0.05, 0) is 42.5 Å². The van der Waals surface area contributed by atoms with Gasteiger partial charge in [-0.3, -0.25) is 0 Å². The number of aryl methyl sites for hydroxylation is 1. The van der Waals surface area contributed by atoms with Crippen molar-refractivity contribution in [1.82, 2.24) is 5.32 Å². The molecule has 1 N–H and O–H groups in total. The van der Waals surface area contributed by atoms with Crippen LogP contribution < -0.4 is 5.32 Å². The van der Waals surface area contributed by atoms with Gasteiger partial charge in [-0.2, -0.15) is 8.78 Å². The molecule has 0 aromatic heterocycles. The third-order valence-corrected chi connectivity index (χ3v) is 6.42. The number of ether oxygens (including phenoxy) is 1. The van der Waals surface area contributed by atoms with Crippen LogP contribution in [0.15, 0.2) is 88.8 Å². The molecule has 1 spiro atoms. The molecule has 0 amide bonds. The molecular formula is C27H25F2N3O. The summed E-state index contributed by atoms with van der Waals surface area (Å²) in [6.07, 6.45) is 1.71. The predicted octanol–water partition coefficient (Wildman–Crippen LogP) is 5.63. The van der Waals surface area contributed by atoms with Gasteiger partial charge >= 0.3 is 5.92 Å². The molecule has 3 aromatic rings. The van der Waals surface area contributed by atoms with Crippen LogP contribution in [0.4, 0.5) is 14.5 Å². The quantitative estimate of drug-likeness (QED) is 0.531. The fourth-order valence-electron chi connectivity index (χ4n) is 4.77. The Labute approximate surface area is 192 Å². The van der Waals surface area contributed by atoms with Crippen LogP contribution in [0.2, 0.25) is 0 Å². The van der Waals surface area contributed by atoms with Crippen LogP contribution >= 0.6 is 0 Å². The van der Waals surface area contributed by atoms with Crippen LogP contribution in [0.25, 0.3) is 0 Å². The highest BCUT2D eigenvalue weighted by molar-refractivity contribution is 6.13. The Balaban J connectivity index is 1.66. The van der Waals surface area contributed by atoms with Gasteiger partial charge < -0.3 is 10.1 Å². The maximum absolute atomic E-state index is 15.4. The van der Waals surface area contributed by atoms with Crippen molar-refractivity contribution in [3.63, 3.8) is 0 Å². The number of halogens is 2. The lowest BCUT2D eigenvalue weighted by Gasteiger charge is -2.48. The van der Waals surface area contributed by atoms with Gasteiger partial charge in [-0.1, -0.05) is 66.7 Å². The molecule has 0 unspecified atom stereocenters. The standard InChI is InChI=1S/C27H25F2N3O/c1-30-25-32-26(27(28,29)18-33-25)16-8-13-19-14-15-22(17-23(19)26)31-24(20-9-4-2-5-10-20)21-11-6-3-7-12-21/h2-7,9-12,14-15,17H,8,13,16,18H2,1H3,(H,30,32)/t26-/m1/s1. The fraction of sp³-hybridized carbons (Fsp3) is 0.259. The minimum atomic E-state index is -3.08. The summed E-state index contributed by atoms with van der Waals surface area (Å²) in [6, 6.07) is 25.6. The van der Waals surface area contributed by atoms with E-state index in [2.05, 4.69) is 10.3 Å². The van der Waals surface area contributed by atoms with Gasteiger partial charge in [0.15, 0.2) is 6.61 Å². The molecule has 0 radical (unpaired) electrons. The molecule has 0 saturated carbocycles. The molecule has 1 aliphatic carbocycles. The second-order valence-electron chi connectivity index (χ2n) is 8.44. The van der Waals surface area contributed by atoms with Gasteiger partial charge in [0.05, 0.1) is 11.4 Å². The number of nitrogens with zero attached hydrogens (tertiary/aromatic N) is 2. The summed E-state index contributed by atoms with van der Waals surface area (Å²) in [7, 11) is 1.54. The Morgan fingerprint density at radius 1 is 0.939 bits per heavy atom. The SMILES string of the molecule is CN=C1N[C@@]2(CCCc3ccc(N=C(c4ccccc4)c4ccccc4)cc32)C(F)(F)CO1. The Morgan fingerprint density at radius 2 is 1.61 bits per heavy atom. The Hall–Kier alpha value is -3.54. The molecule has 1 heterocycles. The maximum atomic E-state index is 15.4. The molecular weight excluding hydrogens is 420 g/mol. The number of alkyl halides is 2. The predicted molar refractivity (Wildman–Crippen MR) is 127 cm³/mol. The first-order chi connectivity index (χ1) is 16.0. The van der Waals surface area contributed by atoms with Crippen LogP contribution in [0.5, 0.6) is 0 Å². The zero-order chi connectivity index (χ0) is 22.9. The van der Waals surface area contributed by atoms with E-state index in [4.69, 9.17) is 9.73 Å². The maximum Gasteiger partial charge on any atom is 0.308 e. The zero-order valence-electron chi connectivity index (χ0n) is 18.4. The highest BCUT2D eigenvalue weighted by Crippen LogP contribution is 2.48. The van der Waals surface area contributed by atoms with E-state index in [9.17, 15) is 0 Å². The van der Waals surface area contributed by atoms with E-state index in [-0.39, 0.29) is 6.02 Å². The second-order valence-corrected chi connectivity index (χ2v) is 8.44. The lowest BCUT2D eigenvalue weighted by atomic mass is 9.72. The van der Waals surface area contributed by atoms with Gasteiger partial charge in [0.2, 0.25) is 0 Å². The van der Waals surface area contributed by atoms with Crippen molar-refractivity contribution in [2.24, 2.45) is 9.98 Å². The number of hydrogen-bond donors (Lipinski definition) is 1. The van der Waals surface area contributed by atoms with Crippen LogP contribution in [-0.4, -0.2) is 31.3 Å². The first-order valence-corrected chi connectivity index (χ1v) is 11.1. The summed E-state index contributed by atoms with van der Waals surface area (Å²) in [4.78, 5) is 8.96. The smallest absolute Gasteiger partial charge is 0.308 e. The number of fused-ring (bicyclic) bond motifs is 2. The molecule has 0 bridgehead atoms. The number of nitrogens with one attached hydrogen (secondary N) is 1. The molecule has 4 nitrogen and oxygen atoms in total. The van der Waals surface area contributed by atoms with Crippen molar-refractivity contribution in [3.8, 4) is 0 Å². The van der Waals surface area contributed by atoms with E-state index in [0.29, 0.717) is 24.1 Å². The summed E-state index contributed by atoms with van der Waals surface area (Å²) in [6.45, 7) is -0.696. The van der Waals surface area contributed by atoms with Gasteiger partial charge in [0.1, 0.15) is 5.54 Å². The van der Waals surface area contributed by atoms with Gasteiger partial charge in [0.25, 0.3) is 6.02 Å². The van der Waals surface area contributed by atoms with Crippen LogP contribution in [0, 0.1) is 0 Å². The Morgan fingerprint density at radius 3 is 2.24 bits per heavy atom. The molecule has 3 aromatic carbocycles. The van der Waals surface area contributed by atoms with Crippen molar-refractivity contribution < 1.29 is 13.5 Å². The van der Waals surface area contributed by atoms with Gasteiger partial charge in [-0.15, -0.1) is 0 Å². The summed E-state index contributed by atoms with van der Waals surface area (Å²) in [5.74, 6) is -3.08. The number of benzene rings is 3. The molecule has 6 heteroatoms. The van der Waals surface area contributed by atoms with E-state index in [1.54, 1.807) is 6.07 Å². The fourth-order valence-corrected chi connectivity index (χ4v) is 4.77. The molecule has 1 atom stereocenters. The first kappa shape index (κ1) is 21.3. The normalized spacial score (nSPS) is 22.2. The van der Waals surface area contributed by atoms with Crippen molar-refractivity contribution >= 4 is 17.4 Å². The zero-order valence-corrected chi connectivity index (χ0v) is 18.4. The minimum Gasteiger partial charge on any atom is -0.459 e. The van der Waals surface area contributed by atoms with Crippen LogP contribution in [-0.2, 0) is 16.7 Å².